The van der Waals surface area contributed by atoms with Crippen molar-refractivity contribution in [3.8, 4) is 22.6 Å². The third-order valence-corrected chi connectivity index (χ3v) is 7.34. The molecule has 1 aromatic heterocycles. The number of aromatic hydroxyl groups is 1. The lowest BCUT2D eigenvalue weighted by Crippen LogP contribution is -2.71. The zero-order valence-electron chi connectivity index (χ0n) is 22.8. The highest BCUT2D eigenvalue weighted by molar-refractivity contribution is 5.82. The van der Waals surface area contributed by atoms with E-state index < -0.39 is 36.2 Å². The highest BCUT2D eigenvalue weighted by Crippen LogP contribution is 2.33. The van der Waals surface area contributed by atoms with E-state index in [1.165, 1.54) is 36.6 Å². The molecule has 1 aliphatic rings. The number of aliphatic hydroxyl groups is 3. The Labute approximate surface area is 236 Å². The van der Waals surface area contributed by atoms with Crippen LogP contribution in [-0.2, 0) is 9.53 Å². The number of carboxylic acid groups (broad SMARTS) is 1. The van der Waals surface area contributed by atoms with Crippen LogP contribution in [0.4, 0.5) is 0 Å². The molecule has 7 N–H and O–H groups in total. The molecule has 2 heterocycles. The van der Waals surface area contributed by atoms with Gasteiger partial charge in [0.15, 0.2) is 17.1 Å². The first-order valence-electron chi connectivity index (χ1n) is 13.4. The second-order valence-corrected chi connectivity index (χ2v) is 10.4. The van der Waals surface area contributed by atoms with Gasteiger partial charge in [0, 0.05) is 12.6 Å². The Morgan fingerprint density at radius 1 is 1.12 bits per heavy atom. The van der Waals surface area contributed by atoms with Crippen LogP contribution in [0.5, 0.6) is 11.5 Å². The molecular formula is C29H36N2O10. The number of fused-ring (bicyclic) bond motifs is 1. The molecule has 0 amide bonds. The van der Waals surface area contributed by atoms with Crippen LogP contribution in [0.15, 0.2) is 57.9 Å². The summed E-state index contributed by atoms with van der Waals surface area (Å²) in [6, 6.07) is 10.3. The lowest BCUT2D eigenvalue weighted by molar-refractivity contribution is -0.311. The molecule has 0 saturated carbocycles. The van der Waals surface area contributed by atoms with Crippen molar-refractivity contribution >= 4 is 16.9 Å². The minimum atomic E-state index is -2.22. The Morgan fingerprint density at radius 3 is 2.51 bits per heavy atom. The molecule has 222 valence electrons. The first kappa shape index (κ1) is 30.4. The second-order valence-electron chi connectivity index (χ2n) is 10.4. The van der Waals surface area contributed by atoms with Crippen LogP contribution < -0.4 is 20.8 Å². The molecule has 6 atom stereocenters. The molecule has 12 heteroatoms. The van der Waals surface area contributed by atoms with Gasteiger partial charge in [-0.2, -0.15) is 0 Å². The normalized spacial score (nSPS) is 25.2. The molecule has 0 aliphatic carbocycles. The van der Waals surface area contributed by atoms with Gasteiger partial charge in [-0.25, -0.2) is 4.79 Å². The smallest absolute Gasteiger partial charge is 0.335 e. The Hall–Kier alpha value is -3.52. The number of phenolic OH excluding ortho intramolecular Hbond substituents is 1. The van der Waals surface area contributed by atoms with Gasteiger partial charge in [-0.1, -0.05) is 19.1 Å². The van der Waals surface area contributed by atoms with Gasteiger partial charge in [-0.05, 0) is 68.7 Å². The van der Waals surface area contributed by atoms with Crippen molar-refractivity contribution < 1.29 is 44.2 Å². The van der Waals surface area contributed by atoms with Crippen LogP contribution in [-0.4, -0.2) is 88.4 Å². The van der Waals surface area contributed by atoms with Crippen LogP contribution in [0.25, 0.3) is 22.1 Å². The van der Waals surface area contributed by atoms with Crippen molar-refractivity contribution in [3.05, 3.63) is 59.0 Å². The fraction of sp³-hybridized carbons (Fsp3) is 0.448. The molecule has 1 saturated heterocycles. The number of ether oxygens (including phenoxy) is 2. The molecule has 0 unspecified atom stereocenters. The number of hydrogen-bond acceptors (Lipinski definition) is 11. The summed E-state index contributed by atoms with van der Waals surface area (Å²) >= 11 is 0. The largest absolute Gasteiger partial charge is 0.508 e. The summed E-state index contributed by atoms with van der Waals surface area (Å²) in [5.74, 6) is -1.03. The molecule has 12 nitrogen and oxygen atoms in total. The standard InChI is InChI=1S/C29H36N2O10/c1-16(9-11-30-2)10-12-31-15-29(38)26(35)24(34)25(27(36)37)41-28(29)40-19-7-8-20-22(13-19)39-14-21(23(20)33)17-3-5-18(32)6-4-17/h3-8,13-14,16,24-26,28,30-32,34-35,38H,9-12,15H2,1-2H3,(H,36,37)/t16-,24+,25-,26-,28+,29+/m0/s1. The third-order valence-electron chi connectivity index (χ3n) is 7.34. The van der Waals surface area contributed by atoms with Gasteiger partial charge in [-0.15, -0.1) is 0 Å². The molecule has 0 bridgehead atoms. The number of carboxylic acids is 1. The van der Waals surface area contributed by atoms with Crippen molar-refractivity contribution in [1.29, 1.82) is 0 Å². The van der Waals surface area contributed by atoms with E-state index in [-0.39, 0.29) is 40.0 Å². The molecule has 4 rings (SSSR count). The summed E-state index contributed by atoms with van der Waals surface area (Å²) in [6.07, 6.45) is -4.38. The number of aliphatic hydroxyl groups excluding tert-OH is 2. The van der Waals surface area contributed by atoms with Crippen molar-refractivity contribution in [2.24, 2.45) is 5.92 Å². The maximum absolute atomic E-state index is 13.1. The summed E-state index contributed by atoms with van der Waals surface area (Å²) in [6.45, 7) is 3.17. The predicted molar refractivity (Wildman–Crippen MR) is 149 cm³/mol. The van der Waals surface area contributed by atoms with Crippen LogP contribution in [0.1, 0.15) is 19.8 Å². The molecule has 1 aliphatic heterocycles. The highest BCUT2D eigenvalue weighted by Gasteiger charge is 2.58. The molecular weight excluding hydrogens is 536 g/mol. The van der Waals surface area contributed by atoms with E-state index >= 15 is 0 Å². The third kappa shape index (κ3) is 6.70. The first-order chi connectivity index (χ1) is 19.5. The van der Waals surface area contributed by atoms with E-state index in [4.69, 9.17) is 13.9 Å². The van der Waals surface area contributed by atoms with Crippen LogP contribution in [0.3, 0.4) is 0 Å². The minimum absolute atomic E-state index is 0.0580. The SMILES string of the molecule is CNCC[C@H](C)CCNC[C@]1(O)[C@H](Oc2ccc3c(=O)c(-c4ccc(O)cc4)coc3c2)O[C@H](C(=O)O)[C@@H](O)[C@@H]1O. The predicted octanol–water partition coefficient (Wildman–Crippen LogP) is 1.03. The van der Waals surface area contributed by atoms with E-state index in [2.05, 4.69) is 17.6 Å². The monoisotopic (exact) mass is 572 g/mol. The van der Waals surface area contributed by atoms with E-state index in [1.54, 1.807) is 12.1 Å². The fourth-order valence-electron chi connectivity index (χ4n) is 4.77. The molecule has 3 aromatic rings. The van der Waals surface area contributed by atoms with Gasteiger partial charge in [0.25, 0.3) is 0 Å². The summed E-state index contributed by atoms with van der Waals surface area (Å²) in [4.78, 5) is 24.8. The van der Waals surface area contributed by atoms with Crippen LogP contribution in [0.2, 0.25) is 0 Å². The lowest BCUT2D eigenvalue weighted by atomic mass is 9.86. The zero-order chi connectivity index (χ0) is 29.7. The maximum Gasteiger partial charge on any atom is 0.335 e. The van der Waals surface area contributed by atoms with Crippen molar-refractivity contribution in [2.75, 3.05) is 26.7 Å². The summed E-state index contributed by atoms with van der Waals surface area (Å²) in [7, 11) is 1.87. The van der Waals surface area contributed by atoms with Gasteiger partial charge in [0.2, 0.25) is 6.29 Å². The van der Waals surface area contributed by atoms with E-state index in [9.17, 15) is 35.1 Å². The number of carbonyl (C=O) groups is 1. The Morgan fingerprint density at radius 2 is 1.83 bits per heavy atom. The van der Waals surface area contributed by atoms with Gasteiger partial charge < -0.3 is 50.1 Å². The number of phenols is 1. The average Bonchev–Trinajstić information content (AvgIpc) is 2.95. The highest BCUT2D eigenvalue weighted by atomic mass is 16.7. The Bertz CT molecular complexity index is 1390. The van der Waals surface area contributed by atoms with Crippen molar-refractivity contribution in [1.82, 2.24) is 10.6 Å². The van der Waals surface area contributed by atoms with E-state index in [1.807, 2.05) is 7.05 Å². The Kier molecular flexibility index (Phi) is 9.64. The minimum Gasteiger partial charge on any atom is -0.508 e. The van der Waals surface area contributed by atoms with Crippen LogP contribution in [0, 0.1) is 5.92 Å². The molecule has 1 fully saturated rings. The quantitative estimate of drug-likeness (QED) is 0.153. The first-order valence-corrected chi connectivity index (χ1v) is 13.4. The average molecular weight is 573 g/mol. The fourth-order valence-corrected chi connectivity index (χ4v) is 4.77. The Balaban J connectivity index is 1.56. The topological polar surface area (TPSA) is 191 Å². The van der Waals surface area contributed by atoms with E-state index in [0.29, 0.717) is 18.0 Å². The number of aliphatic carboxylic acids is 1. The van der Waals surface area contributed by atoms with E-state index in [0.717, 1.165) is 19.4 Å². The number of benzene rings is 2. The maximum atomic E-state index is 13.1. The summed E-state index contributed by atoms with van der Waals surface area (Å²) in [5, 5.41) is 58.1. The zero-order valence-corrected chi connectivity index (χ0v) is 22.8. The number of rotatable bonds is 12. The van der Waals surface area contributed by atoms with Gasteiger partial charge >= 0.3 is 5.97 Å². The van der Waals surface area contributed by atoms with Crippen LogP contribution >= 0.6 is 0 Å². The summed E-state index contributed by atoms with van der Waals surface area (Å²) in [5.41, 5.74) is -1.57. The summed E-state index contributed by atoms with van der Waals surface area (Å²) < 4.78 is 17.0. The van der Waals surface area contributed by atoms with Gasteiger partial charge in [0.05, 0.1) is 10.9 Å². The lowest BCUT2D eigenvalue weighted by Gasteiger charge is -2.46. The molecule has 41 heavy (non-hydrogen) atoms. The molecule has 0 spiro atoms. The van der Waals surface area contributed by atoms with Gasteiger partial charge in [0.1, 0.15) is 35.6 Å². The molecule has 2 aromatic carbocycles. The number of nitrogens with one attached hydrogen (secondary N) is 2. The van der Waals surface area contributed by atoms with Crippen molar-refractivity contribution in [2.45, 2.75) is 50.0 Å². The second kappa shape index (κ2) is 13.0. The van der Waals surface area contributed by atoms with Gasteiger partial charge in [-0.3, -0.25) is 4.79 Å². The number of hydrogen-bond donors (Lipinski definition) is 7. The van der Waals surface area contributed by atoms with Crippen molar-refractivity contribution in [3.63, 3.8) is 0 Å². The molecule has 0 radical (unpaired) electrons.